The fourth-order valence-corrected chi connectivity index (χ4v) is 3.25. The number of para-hydroxylation sites is 1. The van der Waals surface area contributed by atoms with E-state index in [2.05, 4.69) is 31.2 Å². The van der Waals surface area contributed by atoms with Gasteiger partial charge in [-0.15, -0.1) is 0 Å². The molecule has 1 aliphatic rings. The highest BCUT2D eigenvalue weighted by molar-refractivity contribution is 5.60. The van der Waals surface area contributed by atoms with Gasteiger partial charge in [0.05, 0.1) is 17.3 Å². The monoisotopic (exact) mass is 374 g/mol. The van der Waals surface area contributed by atoms with Gasteiger partial charge in [0.15, 0.2) is 0 Å². The minimum atomic E-state index is -0.188. The van der Waals surface area contributed by atoms with Crippen LogP contribution in [0.25, 0.3) is 0 Å². The quantitative estimate of drug-likeness (QED) is 0.753. The molecule has 0 saturated carbocycles. The summed E-state index contributed by atoms with van der Waals surface area (Å²) < 4.78 is 14.0. The molecule has 4 rings (SSSR count). The number of hydrogen-bond donors (Lipinski definition) is 1. The molecule has 1 aromatic heterocycles. The first kappa shape index (κ1) is 17.7. The van der Waals surface area contributed by atoms with Gasteiger partial charge >= 0.3 is 0 Å². The highest BCUT2D eigenvalue weighted by Gasteiger charge is 2.20. The lowest BCUT2D eigenvalue weighted by atomic mass is 10.2. The summed E-state index contributed by atoms with van der Waals surface area (Å²) in [7, 11) is 0. The number of aromatic nitrogens is 2. The van der Waals surface area contributed by atoms with Crippen LogP contribution in [0, 0.1) is 17.1 Å². The number of piperazine rings is 1. The second kappa shape index (κ2) is 7.92. The Kier molecular flexibility index (Phi) is 5.02. The lowest BCUT2D eigenvalue weighted by Crippen LogP contribution is -2.47. The molecule has 1 N–H and O–H groups in total. The van der Waals surface area contributed by atoms with Crippen LogP contribution in [0.1, 0.15) is 5.56 Å². The normalized spacial score (nSPS) is 13.9. The average molecular weight is 374 g/mol. The molecule has 7 heteroatoms. The predicted octanol–water partition coefficient (Wildman–Crippen LogP) is 3.56. The molecule has 0 amide bonds. The van der Waals surface area contributed by atoms with Crippen molar-refractivity contribution >= 4 is 23.0 Å². The molecule has 6 nitrogen and oxygen atoms in total. The largest absolute Gasteiger partial charge is 0.366 e. The van der Waals surface area contributed by atoms with Gasteiger partial charge in [-0.25, -0.2) is 14.4 Å². The van der Waals surface area contributed by atoms with Crippen molar-refractivity contribution in [1.82, 2.24) is 9.97 Å². The SMILES string of the molecule is N#Cc1ccc(Nc2cc(N3CCN(c4ccccc4F)CC3)ncn2)cc1. The number of halogens is 1. The van der Waals surface area contributed by atoms with Gasteiger partial charge in [-0.2, -0.15) is 5.26 Å². The van der Waals surface area contributed by atoms with E-state index in [1.54, 1.807) is 18.2 Å². The summed E-state index contributed by atoms with van der Waals surface area (Å²) in [5.74, 6) is 1.33. The minimum Gasteiger partial charge on any atom is -0.366 e. The Balaban J connectivity index is 1.42. The van der Waals surface area contributed by atoms with Crippen molar-refractivity contribution in [2.75, 3.05) is 41.3 Å². The van der Waals surface area contributed by atoms with Crippen LogP contribution in [-0.4, -0.2) is 36.1 Å². The fourth-order valence-electron chi connectivity index (χ4n) is 3.25. The highest BCUT2D eigenvalue weighted by atomic mass is 19.1. The van der Waals surface area contributed by atoms with Crippen LogP contribution < -0.4 is 15.1 Å². The number of anilines is 4. The third-order valence-electron chi connectivity index (χ3n) is 4.74. The molecule has 1 aliphatic heterocycles. The summed E-state index contributed by atoms with van der Waals surface area (Å²) in [5, 5.41) is 12.1. The summed E-state index contributed by atoms with van der Waals surface area (Å²) in [6, 6.07) is 18.1. The van der Waals surface area contributed by atoms with Crippen LogP contribution in [0.4, 0.5) is 27.4 Å². The molecule has 0 bridgehead atoms. The van der Waals surface area contributed by atoms with Crippen molar-refractivity contribution in [3.05, 3.63) is 72.3 Å². The first-order valence-corrected chi connectivity index (χ1v) is 9.06. The Labute approximate surface area is 162 Å². The maximum atomic E-state index is 14.0. The molecule has 0 radical (unpaired) electrons. The zero-order chi connectivity index (χ0) is 19.3. The number of nitriles is 1. The number of rotatable bonds is 4. The Bertz CT molecular complexity index is 990. The molecule has 0 unspecified atom stereocenters. The van der Waals surface area contributed by atoms with Gasteiger partial charge < -0.3 is 15.1 Å². The van der Waals surface area contributed by atoms with E-state index in [-0.39, 0.29) is 5.82 Å². The topological polar surface area (TPSA) is 68.1 Å². The van der Waals surface area contributed by atoms with Gasteiger partial charge in [0.2, 0.25) is 0 Å². The molecule has 3 aromatic rings. The maximum absolute atomic E-state index is 14.0. The van der Waals surface area contributed by atoms with Crippen LogP contribution in [-0.2, 0) is 0 Å². The molecule has 0 atom stereocenters. The number of nitrogens with zero attached hydrogens (tertiary/aromatic N) is 5. The van der Waals surface area contributed by atoms with Crippen molar-refractivity contribution in [1.29, 1.82) is 5.26 Å². The molecular formula is C21H19FN6. The second-order valence-electron chi connectivity index (χ2n) is 6.50. The van der Waals surface area contributed by atoms with E-state index in [9.17, 15) is 4.39 Å². The molecule has 140 valence electrons. The molecule has 2 heterocycles. The van der Waals surface area contributed by atoms with Crippen LogP contribution in [0.15, 0.2) is 60.9 Å². The van der Waals surface area contributed by atoms with E-state index < -0.39 is 0 Å². The standard InChI is InChI=1S/C21H19FN6/c22-18-3-1-2-4-19(18)27-9-11-28(12-10-27)21-13-20(24-15-25-21)26-17-7-5-16(14-23)6-8-17/h1-8,13,15H,9-12H2,(H,24,25,26). The lowest BCUT2D eigenvalue weighted by Gasteiger charge is -2.36. The average Bonchev–Trinajstić information content (AvgIpc) is 2.75. The summed E-state index contributed by atoms with van der Waals surface area (Å²) in [6.45, 7) is 2.95. The van der Waals surface area contributed by atoms with E-state index in [1.807, 2.05) is 30.3 Å². The van der Waals surface area contributed by atoms with Gasteiger partial charge in [0, 0.05) is 37.9 Å². The van der Waals surface area contributed by atoms with Gasteiger partial charge in [-0.3, -0.25) is 0 Å². The van der Waals surface area contributed by atoms with Gasteiger partial charge in [-0.05, 0) is 36.4 Å². The zero-order valence-electron chi connectivity index (χ0n) is 15.2. The lowest BCUT2D eigenvalue weighted by molar-refractivity contribution is 0.596. The summed E-state index contributed by atoms with van der Waals surface area (Å²) in [4.78, 5) is 12.9. The van der Waals surface area contributed by atoms with E-state index in [1.165, 1.54) is 12.4 Å². The van der Waals surface area contributed by atoms with Gasteiger partial charge in [-0.1, -0.05) is 12.1 Å². The molecule has 0 aliphatic carbocycles. The third kappa shape index (κ3) is 3.86. The predicted molar refractivity (Wildman–Crippen MR) is 107 cm³/mol. The zero-order valence-corrected chi connectivity index (χ0v) is 15.2. The van der Waals surface area contributed by atoms with E-state index >= 15 is 0 Å². The summed E-state index contributed by atoms with van der Waals surface area (Å²) in [5.41, 5.74) is 2.11. The Morgan fingerprint density at radius 3 is 2.36 bits per heavy atom. The van der Waals surface area contributed by atoms with Crippen molar-refractivity contribution in [3.8, 4) is 6.07 Å². The van der Waals surface area contributed by atoms with Crippen LogP contribution >= 0.6 is 0 Å². The minimum absolute atomic E-state index is 0.188. The molecule has 1 fully saturated rings. The first-order valence-electron chi connectivity index (χ1n) is 9.06. The molecule has 1 saturated heterocycles. The molecule has 0 spiro atoms. The smallest absolute Gasteiger partial charge is 0.146 e. The molecular weight excluding hydrogens is 355 g/mol. The van der Waals surface area contributed by atoms with Gasteiger partial charge in [0.25, 0.3) is 0 Å². The van der Waals surface area contributed by atoms with E-state index in [4.69, 9.17) is 5.26 Å². The summed E-state index contributed by atoms with van der Waals surface area (Å²) in [6.07, 6.45) is 1.53. The van der Waals surface area contributed by atoms with Crippen molar-refractivity contribution < 1.29 is 4.39 Å². The molecule has 2 aromatic carbocycles. The Hall–Kier alpha value is -3.66. The number of hydrogen-bond acceptors (Lipinski definition) is 6. The second-order valence-corrected chi connectivity index (χ2v) is 6.50. The Morgan fingerprint density at radius 2 is 1.64 bits per heavy atom. The Morgan fingerprint density at radius 1 is 0.929 bits per heavy atom. The van der Waals surface area contributed by atoms with E-state index in [0.717, 1.165) is 37.7 Å². The highest BCUT2D eigenvalue weighted by Crippen LogP contribution is 2.23. The van der Waals surface area contributed by atoms with Gasteiger partial charge in [0.1, 0.15) is 23.8 Å². The van der Waals surface area contributed by atoms with Crippen molar-refractivity contribution in [2.24, 2.45) is 0 Å². The fraction of sp³-hybridized carbons (Fsp3) is 0.190. The first-order chi connectivity index (χ1) is 13.7. The number of benzene rings is 2. The van der Waals surface area contributed by atoms with Crippen LogP contribution in [0.5, 0.6) is 0 Å². The van der Waals surface area contributed by atoms with Crippen molar-refractivity contribution in [3.63, 3.8) is 0 Å². The third-order valence-corrected chi connectivity index (χ3v) is 4.74. The molecule has 28 heavy (non-hydrogen) atoms. The van der Waals surface area contributed by atoms with E-state index in [0.29, 0.717) is 17.1 Å². The number of nitrogens with one attached hydrogen (secondary N) is 1. The maximum Gasteiger partial charge on any atom is 0.146 e. The van der Waals surface area contributed by atoms with Crippen LogP contribution in [0.3, 0.4) is 0 Å². The summed E-state index contributed by atoms with van der Waals surface area (Å²) >= 11 is 0. The van der Waals surface area contributed by atoms with Crippen LogP contribution in [0.2, 0.25) is 0 Å². The van der Waals surface area contributed by atoms with Crippen molar-refractivity contribution in [2.45, 2.75) is 0 Å².